The maximum Gasteiger partial charge on any atom is 0.203 e. The SMILES string of the molecule is COc1cc(-c2cnc(N)c3c(-c4ccc(Cl)cc4)csc23)cc(OC)c1OC. The van der Waals surface area contributed by atoms with Gasteiger partial charge in [0, 0.05) is 32.4 Å². The van der Waals surface area contributed by atoms with Gasteiger partial charge < -0.3 is 19.9 Å². The Morgan fingerprint density at radius 1 is 0.897 bits per heavy atom. The molecule has 0 bridgehead atoms. The normalized spacial score (nSPS) is 10.9. The summed E-state index contributed by atoms with van der Waals surface area (Å²) in [4.78, 5) is 4.46. The number of nitrogen functional groups attached to an aromatic ring is 1. The van der Waals surface area contributed by atoms with Gasteiger partial charge in [-0.1, -0.05) is 23.7 Å². The van der Waals surface area contributed by atoms with Gasteiger partial charge in [-0.05, 0) is 40.8 Å². The molecule has 0 aliphatic heterocycles. The molecule has 0 atom stereocenters. The number of nitrogens with zero attached hydrogens (tertiary/aromatic N) is 1. The number of pyridine rings is 1. The van der Waals surface area contributed by atoms with Crippen LogP contribution in [0, 0.1) is 0 Å². The Labute approximate surface area is 177 Å². The smallest absolute Gasteiger partial charge is 0.203 e. The monoisotopic (exact) mass is 426 g/mol. The van der Waals surface area contributed by atoms with Crippen molar-refractivity contribution in [3.8, 4) is 39.5 Å². The van der Waals surface area contributed by atoms with Gasteiger partial charge in [0.2, 0.25) is 5.75 Å². The highest BCUT2D eigenvalue weighted by Gasteiger charge is 2.19. The van der Waals surface area contributed by atoms with E-state index in [0.717, 1.165) is 32.3 Å². The fourth-order valence-electron chi connectivity index (χ4n) is 3.35. The molecule has 0 aliphatic rings. The molecule has 0 radical (unpaired) electrons. The minimum absolute atomic E-state index is 0.488. The van der Waals surface area contributed by atoms with Crippen LogP contribution < -0.4 is 19.9 Å². The first-order valence-corrected chi connectivity index (χ1v) is 10.0. The zero-order valence-electron chi connectivity index (χ0n) is 16.2. The number of fused-ring (bicyclic) bond motifs is 1. The third-order valence-corrected chi connectivity index (χ3v) is 6.02. The molecule has 0 saturated carbocycles. The quantitative estimate of drug-likeness (QED) is 0.431. The first-order chi connectivity index (χ1) is 14.1. The molecule has 5 nitrogen and oxygen atoms in total. The maximum atomic E-state index is 6.27. The number of nitrogens with two attached hydrogens (primary N) is 1. The lowest BCUT2D eigenvalue weighted by atomic mass is 10.0. The number of ether oxygens (including phenoxy) is 3. The maximum absolute atomic E-state index is 6.27. The summed E-state index contributed by atoms with van der Waals surface area (Å²) in [6.07, 6.45) is 1.78. The molecule has 2 heterocycles. The lowest BCUT2D eigenvalue weighted by Gasteiger charge is -2.15. The molecule has 2 N–H and O–H groups in total. The highest BCUT2D eigenvalue weighted by Crippen LogP contribution is 2.46. The highest BCUT2D eigenvalue weighted by molar-refractivity contribution is 7.18. The Morgan fingerprint density at radius 2 is 1.55 bits per heavy atom. The zero-order chi connectivity index (χ0) is 20.5. The van der Waals surface area contributed by atoms with Crippen LogP contribution >= 0.6 is 22.9 Å². The second kappa shape index (κ2) is 7.81. The summed E-state index contributed by atoms with van der Waals surface area (Å²) < 4.78 is 17.5. The minimum atomic E-state index is 0.488. The molecule has 2 aromatic carbocycles. The lowest BCUT2D eigenvalue weighted by Crippen LogP contribution is -1.97. The summed E-state index contributed by atoms with van der Waals surface area (Å²) in [5.41, 5.74) is 10.2. The molecule has 2 aromatic heterocycles. The Bertz CT molecular complexity index is 1160. The molecule has 0 amide bonds. The summed E-state index contributed by atoms with van der Waals surface area (Å²) in [7, 11) is 4.78. The van der Waals surface area contributed by atoms with E-state index in [-0.39, 0.29) is 0 Å². The summed E-state index contributed by atoms with van der Waals surface area (Å²) in [6.45, 7) is 0. The number of benzene rings is 2. The van der Waals surface area contributed by atoms with Crippen LogP contribution in [0.1, 0.15) is 0 Å². The number of aromatic nitrogens is 1. The molecule has 0 unspecified atom stereocenters. The van der Waals surface area contributed by atoms with Gasteiger partial charge in [0.15, 0.2) is 11.5 Å². The Hall–Kier alpha value is -2.96. The van der Waals surface area contributed by atoms with Crippen LogP contribution in [-0.4, -0.2) is 26.3 Å². The number of thiophene rings is 1. The third-order valence-electron chi connectivity index (χ3n) is 4.76. The largest absolute Gasteiger partial charge is 0.493 e. The molecule has 0 spiro atoms. The summed E-state index contributed by atoms with van der Waals surface area (Å²) in [5.74, 6) is 2.21. The predicted molar refractivity (Wildman–Crippen MR) is 120 cm³/mol. The van der Waals surface area contributed by atoms with Gasteiger partial charge in [-0.15, -0.1) is 11.3 Å². The lowest BCUT2D eigenvalue weighted by molar-refractivity contribution is 0.324. The average molecular weight is 427 g/mol. The van der Waals surface area contributed by atoms with Crippen molar-refractivity contribution in [1.82, 2.24) is 4.98 Å². The van der Waals surface area contributed by atoms with Crippen molar-refractivity contribution < 1.29 is 14.2 Å². The van der Waals surface area contributed by atoms with Crippen LogP contribution in [0.3, 0.4) is 0 Å². The summed E-state index contributed by atoms with van der Waals surface area (Å²) in [6, 6.07) is 11.5. The van der Waals surface area contributed by atoms with Crippen LogP contribution in [0.25, 0.3) is 32.3 Å². The van der Waals surface area contributed by atoms with Crippen molar-refractivity contribution >= 4 is 38.8 Å². The highest BCUT2D eigenvalue weighted by atomic mass is 35.5. The van der Waals surface area contributed by atoms with Crippen molar-refractivity contribution in [1.29, 1.82) is 0 Å². The molecule has 7 heteroatoms. The molecule has 4 rings (SSSR count). The third kappa shape index (κ3) is 3.34. The van der Waals surface area contributed by atoms with Crippen molar-refractivity contribution in [2.24, 2.45) is 0 Å². The molecular weight excluding hydrogens is 408 g/mol. The minimum Gasteiger partial charge on any atom is -0.493 e. The number of methoxy groups -OCH3 is 3. The Balaban J connectivity index is 1.95. The fraction of sp³-hybridized carbons (Fsp3) is 0.136. The van der Waals surface area contributed by atoms with Gasteiger partial charge >= 0.3 is 0 Å². The first-order valence-electron chi connectivity index (χ1n) is 8.79. The number of rotatable bonds is 5. The van der Waals surface area contributed by atoms with E-state index in [2.05, 4.69) is 10.4 Å². The molecule has 0 aliphatic carbocycles. The number of halogens is 1. The van der Waals surface area contributed by atoms with E-state index in [4.69, 9.17) is 31.5 Å². The molecule has 4 aromatic rings. The Kier molecular flexibility index (Phi) is 5.22. The van der Waals surface area contributed by atoms with Gasteiger partial charge in [0.05, 0.1) is 21.3 Å². The number of anilines is 1. The molecular formula is C22H19ClN2O3S. The van der Waals surface area contributed by atoms with Crippen LogP contribution in [0.15, 0.2) is 48.0 Å². The van der Waals surface area contributed by atoms with Gasteiger partial charge in [-0.25, -0.2) is 4.98 Å². The number of hydrogen-bond donors (Lipinski definition) is 1. The van der Waals surface area contributed by atoms with E-state index in [1.165, 1.54) is 0 Å². The molecule has 0 saturated heterocycles. The standard InChI is InChI=1S/C22H19ClN2O3S/c1-26-17-8-13(9-18(27-2)20(17)28-3)15-10-25-22(24)19-16(11-29-21(15)19)12-4-6-14(23)7-5-12/h4-11H,1-3H3,(H2,24,25). The molecule has 148 valence electrons. The van der Waals surface area contributed by atoms with Crippen LogP contribution in [0.4, 0.5) is 5.82 Å². The zero-order valence-corrected chi connectivity index (χ0v) is 17.7. The summed E-state index contributed by atoms with van der Waals surface area (Å²) in [5, 5.41) is 3.70. The van der Waals surface area contributed by atoms with E-state index in [0.29, 0.717) is 28.1 Å². The molecule has 29 heavy (non-hydrogen) atoms. The van der Waals surface area contributed by atoms with Crippen molar-refractivity contribution in [3.63, 3.8) is 0 Å². The van der Waals surface area contributed by atoms with E-state index in [1.54, 1.807) is 38.9 Å². The average Bonchev–Trinajstić information content (AvgIpc) is 3.19. The summed E-state index contributed by atoms with van der Waals surface area (Å²) >= 11 is 7.66. The number of hydrogen-bond acceptors (Lipinski definition) is 6. The van der Waals surface area contributed by atoms with E-state index in [1.807, 2.05) is 36.4 Å². The van der Waals surface area contributed by atoms with Gasteiger partial charge in [0.25, 0.3) is 0 Å². The second-order valence-electron chi connectivity index (χ2n) is 6.33. The Morgan fingerprint density at radius 3 is 2.14 bits per heavy atom. The van der Waals surface area contributed by atoms with Gasteiger partial charge in [-0.3, -0.25) is 0 Å². The fourth-order valence-corrected chi connectivity index (χ4v) is 4.60. The topological polar surface area (TPSA) is 66.6 Å². The van der Waals surface area contributed by atoms with Crippen molar-refractivity contribution in [2.45, 2.75) is 0 Å². The second-order valence-corrected chi connectivity index (χ2v) is 7.65. The van der Waals surface area contributed by atoms with Crippen LogP contribution in [0.5, 0.6) is 17.2 Å². The van der Waals surface area contributed by atoms with E-state index < -0.39 is 0 Å². The van der Waals surface area contributed by atoms with E-state index in [9.17, 15) is 0 Å². The van der Waals surface area contributed by atoms with Crippen LogP contribution in [0.2, 0.25) is 5.02 Å². The van der Waals surface area contributed by atoms with Gasteiger partial charge in [0.1, 0.15) is 5.82 Å². The molecule has 0 fully saturated rings. The van der Waals surface area contributed by atoms with Crippen molar-refractivity contribution in [3.05, 3.63) is 53.0 Å². The van der Waals surface area contributed by atoms with E-state index >= 15 is 0 Å². The van der Waals surface area contributed by atoms with Gasteiger partial charge in [-0.2, -0.15) is 0 Å². The van der Waals surface area contributed by atoms with Crippen LogP contribution in [-0.2, 0) is 0 Å². The van der Waals surface area contributed by atoms with Crippen molar-refractivity contribution in [2.75, 3.05) is 27.1 Å². The predicted octanol–water partition coefficient (Wildman–Crippen LogP) is 5.89. The first kappa shape index (κ1) is 19.4.